The fourth-order valence-corrected chi connectivity index (χ4v) is 2.12. The maximum Gasteiger partial charge on any atom is 0.221 e. The molecule has 0 heterocycles. The molecule has 0 aliphatic heterocycles. The van der Waals surface area contributed by atoms with Gasteiger partial charge in [-0.25, -0.2) is 4.39 Å². The Morgan fingerprint density at radius 2 is 1.89 bits per heavy atom. The molecular weight excluding hydrogens is 243 g/mol. The van der Waals surface area contributed by atoms with Crippen molar-refractivity contribution in [2.24, 2.45) is 0 Å². The highest BCUT2D eigenvalue weighted by Crippen LogP contribution is 2.21. The number of hydrogen-bond acceptors (Lipinski definition) is 2. The van der Waals surface area contributed by atoms with E-state index in [2.05, 4.69) is 24.5 Å². The fourth-order valence-electron chi connectivity index (χ4n) is 2.12. The van der Waals surface area contributed by atoms with Crippen molar-refractivity contribution in [2.75, 3.05) is 10.6 Å². The summed E-state index contributed by atoms with van der Waals surface area (Å²) in [6, 6.07) is 5.13. The molecule has 2 N–H and O–H groups in total. The summed E-state index contributed by atoms with van der Waals surface area (Å²) in [4.78, 5) is 11.0. The van der Waals surface area contributed by atoms with Crippen molar-refractivity contribution in [1.29, 1.82) is 0 Å². The van der Waals surface area contributed by atoms with Gasteiger partial charge in [0.1, 0.15) is 5.82 Å². The van der Waals surface area contributed by atoms with Gasteiger partial charge in [-0.15, -0.1) is 0 Å². The molecule has 0 aliphatic carbocycles. The second-order valence-corrected chi connectivity index (χ2v) is 4.79. The number of hydrogen-bond donors (Lipinski definition) is 2. The maximum atomic E-state index is 13.5. The van der Waals surface area contributed by atoms with Gasteiger partial charge in [0.15, 0.2) is 0 Å². The largest absolute Gasteiger partial charge is 0.382 e. The van der Waals surface area contributed by atoms with E-state index in [0.717, 1.165) is 31.4 Å². The van der Waals surface area contributed by atoms with Crippen molar-refractivity contribution in [1.82, 2.24) is 0 Å². The minimum atomic E-state index is -0.414. The molecule has 1 amide bonds. The highest BCUT2D eigenvalue weighted by Gasteiger charge is 2.09. The van der Waals surface area contributed by atoms with E-state index in [9.17, 15) is 9.18 Å². The maximum absolute atomic E-state index is 13.5. The van der Waals surface area contributed by atoms with Gasteiger partial charge in [0.25, 0.3) is 0 Å². The van der Waals surface area contributed by atoms with Crippen LogP contribution in [0.1, 0.15) is 46.5 Å². The van der Waals surface area contributed by atoms with Crippen LogP contribution in [0.3, 0.4) is 0 Å². The van der Waals surface area contributed by atoms with E-state index in [-0.39, 0.29) is 11.6 Å². The fraction of sp³-hybridized carbons (Fsp3) is 0.533. The first-order valence-electron chi connectivity index (χ1n) is 6.90. The van der Waals surface area contributed by atoms with Gasteiger partial charge in [-0.2, -0.15) is 0 Å². The molecule has 106 valence electrons. The SMILES string of the molecule is CCCC(CCC)Nc1ccc(F)c(NC(C)=O)c1. The highest BCUT2D eigenvalue weighted by molar-refractivity contribution is 5.89. The topological polar surface area (TPSA) is 41.1 Å². The molecule has 1 aromatic carbocycles. The predicted octanol–water partition coefficient (Wildman–Crippen LogP) is 4.16. The van der Waals surface area contributed by atoms with Crippen LogP contribution >= 0.6 is 0 Å². The van der Waals surface area contributed by atoms with Crippen molar-refractivity contribution >= 4 is 17.3 Å². The van der Waals surface area contributed by atoms with Crippen LogP contribution in [0.2, 0.25) is 0 Å². The van der Waals surface area contributed by atoms with E-state index in [1.165, 1.54) is 13.0 Å². The number of anilines is 2. The Morgan fingerprint density at radius 1 is 1.26 bits per heavy atom. The van der Waals surface area contributed by atoms with E-state index in [0.29, 0.717) is 6.04 Å². The lowest BCUT2D eigenvalue weighted by Gasteiger charge is -2.19. The molecule has 0 spiro atoms. The van der Waals surface area contributed by atoms with Gasteiger partial charge in [-0.1, -0.05) is 26.7 Å². The molecule has 0 unspecified atom stereocenters. The number of nitrogens with one attached hydrogen (secondary N) is 2. The van der Waals surface area contributed by atoms with Crippen molar-refractivity contribution in [3.05, 3.63) is 24.0 Å². The number of carbonyl (C=O) groups excluding carboxylic acids is 1. The van der Waals surface area contributed by atoms with Crippen molar-refractivity contribution in [3.63, 3.8) is 0 Å². The van der Waals surface area contributed by atoms with Crippen molar-refractivity contribution in [2.45, 2.75) is 52.5 Å². The van der Waals surface area contributed by atoms with Crippen LogP contribution in [0, 0.1) is 5.82 Å². The van der Waals surface area contributed by atoms with Crippen LogP contribution in [0.15, 0.2) is 18.2 Å². The predicted molar refractivity (Wildman–Crippen MR) is 77.9 cm³/mol. The van der Waals surface area contributed by atoms with E-state index >= 15 is 0 Å². The lowest BCUT2D eigenvalue weighted by Crippen LogP contribution is -2.19. The van der Waals surface area contributed by atoms with Crippen LogP contribution < -0.4 is 10.6 Å². The van der Waals surface area contributed by atoms with Crippen LogP contribution in [-0.2, 0) is 4.79 Å². The summed E-state index contributed by atoms with van der Waals surface area (Å²) in [6.07, 6.45) is 4.39. The zero-order valence-electron chi connectivity index (χ0n) is 11.9. The molecule has 19 heavy (non-hydrogen) atoms. The number of rotatable bonds is 7. The Bertz CT molecular complexity index is 415. The summed E-state index contributed by atoms with van der Waals surface area (Å²) in [5, 5.41) is 5.90. The summed E-state index contributed by atoms with van der Waals surface area (Å²) in [6.45, 7) is 5.67. The van der Waals surface area contributed by atoms with Crippen molar-refractivity contribution < 1.29 is 9.18 Å². The number of amides is 1. The van der Waals surface area contributed by atoms with E-state index in [1.54, 1.807) is 12.1 Å². The van der Waals surface area contributed by atoms with E-state index in [4.69, 9.17) is 0 Å². The third-order valence-corrected chi connectivity index (χ3v) is 2.92. The third kappa shape index (κ3) is 5.28. The van der Waals surface area contributed by atoms with Gasteiger partial charge in [-0.3, -0.25) is 4.79 Å². The molecule has 3 nitrogen and oxygen atoms in total. The van der Waals surface area contributed by atoms with Gasteiger partial charge < -0.3 is 10.6 Å². The highest BCUT2D eigenvalue weighted by atomic mass is 19.1. The first-order valence-corrected chi connectivity index (χ1v) is 6.90. The second-order valence-electron chi connectivity index (χ2n) is 4.79. The molecule has 1 rings (SSSR count). The molecule has 0 atom stereocenters. The lowest BCUT2D eigenvalue weighted by molar-refractivity contribution is -0.114. The van der Waals surface area contributed by atoms with Crippen LogP contribution in [0.4, 0.5) is 15.8 Å². The summed E-state index contributed by atoms with van der Waals surface area (Å²) >= 11 is 0. The molecular formula is C15H23FN2O. The smallest absolute Gasteiger partial charge is 0.221 e. The quantitative estimate of drug-likeness (QED) is 0.778. The zero-order chi connectivity index (χ0) is 14.3. The summed E-state index contributed by atoms with van der Waals surface area (Å²) in [5.41, 5.74) is 1.07. The van der Waals surface area contributed by atoms with Gasteiger partial charge >= 0.3 is 0 Å². The molecule has 0 saturated heterocycles. The third-order valence-electron chi connectivity index (χ3n) is 2.92. The van der Waals surface area contributed by atoms with Crippen LogP contribution in [-0.4, -0.2) is 11.9 Å². The Hall–Kier alpha value is -1.58. The molecule has 0 saturated carbocycles. The Balaban J connectivity index is 2.79. The molecule has 0 aromatic heterocycles. The lowest BCUT2D eigenvalue weighted by atomic mass is 10.1. The molecule has 4 heteroatoms. The Kier molecular flexibility index (Phi) is 6.33. The average molecular weight is 266 g/mol. The summed E-state index contributed by atoms with van der Waals surface area (Å²) < 4.78 is 13.5. The number of halogens is 1. The van der Waals surface area contributed by atoms with Crippen LogP contribution in [0.5, 0.6) is 0 Å². The molecule has 1 aromatic rings. The Morgan fingerprint density at radius 3 is 2.42 bits per heavy atom. The number of benzene rings is 1. The van der Waals surface area contributed by atoms with Gasteiger partial charge in [0.2, 0.25) is 5.91 Å². The minimum Gasteiger partial charge on any atom is -0.382 e. The first-order chi connectivity index (χ1) is 9.06. The standard InChI is InChI=1S/C15H23FN2O/c1-4-6-12(7-5-2)18-13-8-9-14(16)15(10-13)17-11(3)19/h8-10,12,18H,4-7H2,1-3H3,(H,17,19). The first kappa shape index (κ1) is 15.5. The van der Waals surface area contributed by atoms with Crippen LogP contribution in [0.25, 0.3) is 0 Å². The monoisotopic (exact) mass is 266 g/mol. The average Bonchev–Trinajstić information content (AvgIpc) is 2.33. The molecule has 0 bridgehead atoms. The number of carbonyl (C=O) groups is 1. The van der Waals surface area contributed by atoms with Gasteiger partial charge in [0.05, 0.1) is 5.69 Å². The second kappa shape index (κ2) is 7.77. The Labute approximate surface area is 114 Å². The molecule has 0 radical (unpaired) electrons. The zero-order valence-corrected chi connectivity index (χ0v) is 11.9. The summed E-state index contributed by atoms with van der Waals surface area (Å²) in [7, 11) is 0. The minimum absolute atomic E-state index is 0.226. The van der Waals surface area contributed by atoms with Gasteiger partial charge in [0, 0.05) is 18.7 Å². The van der Waals surface area contributed by atoms with Crippen molar-refractivity contribution in [3.8, 4) is 0 Å². The molecule has 0 aliphatic rings. The van der Waals surface area contributed by atoms with Gasteiger partial charge in [-0.05, 0) is 31.0 Å². The summed E-state index contributed by atoms with van der Waals surface area (Å²) in [5.74, 6) is -0.682. The van der Waals surface area contributed by atoms with E-state index in [1.807, 2.05) is 0 Å². The van der Waals surface area contributed by atoms with E-state index < -0.39 is 5.82 Å². The molecule has 0 fully saturated rings. The normalized spacial score (nSPS) is 10.6.